The molecule has 0 bridgehead atoms. The Morgan fingerprint density at radius 3 is 2.19 bits per heavy atom. The molecule has 26 heavy (non-hydrogen) atoms. The number of hydrogen-bond donors (Lipinski definition) is 1. The van der Waals surface area contributed by atoms with E-state index in [9.17, 15) is 9.18 Å². The van der Waals surface area contributed by atoms with Gasteiger partial charge in [0.05, 0.1) is 34.0 Å². The van der Waals surface area contributed by atoms with Crippen molar-refractivity contribution in [3.63, 3.8) is 0 Å². The molecule has 0 unspecified atom stereocenters. The summed E-state index contributed by atoms with van der Waals surface area (Å²) in [7, 11) is 5.86. The number of carbonyl (C=O) groups is 1. The quantitative estimate of drug-likeness (QED) is 0.682. The number of methoxy groups -OCH3 is 4. The standard InChI is InChI=1S/C19H18FNO5/c1-23-14-6-5-10(7-13(14)20)17(22)12-9-21-16-11(12)8-15(24-2)18(25-3)19(16)26-4/h5-9,21H,1-4H3. The Labute approximate surface area is 149 Å². The first-order valence-corrected chi connectivity index (χ1v) is 7.74. The van der Waals surface area contributed by atoms with Crippen LogP contribution in [-0.2, 0) is 0 Å². The van der Waals surface area contributed by atoms with E-state index in [0.29, 0.717) is 33.7 Å². The molecule has 136 valence electrons. The highest BCUT2D eigenvalue weighted by Crippen LogP contribution is 2.44. The van der Waals surface area contributed by atoms with Crippen molar-refractivity contribution in [1.29, 1.82) is 0 Å². The predicted molar refractivity (Wildman–Crippen MR) is 94.3 cm³/mol. The Morgan fingerprint density at radius 1 is 0.923 bits per heavy atom. The van der Waals surface area contributed by atoms with Crippen LogP contribution in [0.15, 0.2) is 30.5 Å². The van der Waals surface area contributed by atoms with E-state index in [1.807, 2.05) is 0 Å². The number of hydrogen-bond acceptors (Lipinski definition) is 5. The minimum Gasteiger partial charge on any atom is -0.494 e. The lowest BCUT2D eigenvalue weighted by Gasteiger charge is -2.13. The Hall–Kier alpha value is -3.22. The number of nitrogens with one attached hydrogen (secondary N) is 1. The van der Waals surface area contributed by atoms with E-state index < -0.39 is 5.82 Å². The van der Waals surface area contributed by atoms with Crippen molar-refractivity contribution in [1.82, 2.24) is 4.98 Å². The number of ether oxygens (including phenoxy) is 4. The molecule has 3 rings (SSSR count). The summed E-state index contributed by atoms with van der Waals surface area (Å²) in [4.78, 5) is 15.9. The van der Waals surface area contributed by atoms with E-state index in [1.165, 1.54) is 40.6 Å². The highest BCUT2D eigenvalue weighted by Gasteiger charge is 2.22. The third-order valence-corrected chi connectivity index (χ3v) is 4.14. The number of halogens is 1. The van der Waals surface area contributed by atoms with Gasteiger partial charge in [-0.25, -0.2) is 4.39 Å². The molecule has 0 aliphatic carbocycles. The maximum absolute atomic E-state index is 14.0. The molecule has 1 heterocycles. The number of aromatic amines is 1. The molecule has 2 aromatic carbocycles. The zero-order valence-corrected chi connectivity index (χ0v) is 14.8. The zero-order chi connectivity index (χ0) is 18.8. The van der Waals surface area contributed by atoms with E-state index >= 15 is 0 Å². The van der Waals surface area contributed by atoms with Crippen molar-refractivity contribution >= 4 is 16.7 Å². The maximum Gasteiger partial charge on any atom is 0.205 e. The minimum atomic E-state index is -0.602. The second-order valence-electron chi connectivity index (χ2n) is 5.45. The fraction of sp³-hybridized carbons (Fsp3) is 0.211. The Kier molecular flexibility index (Phi) is 4.71. The molecular weight excluding hydrogens is 341 g/mol. The summed E-state index contributed by atoms with van der Waals surface area (Å²) < 4.78 is 34.9. The summed E-state index contributed by atoms with van der Waals surface area (Å²) in [5.74, 6) is 0.391. The number of fused-ring (bicyclic) bond motifs is 1. The van der Waals surface area contributed by atoms with Crippen molar-refractivity contribution in [2.45, 2.75) is 0 Å². The van der Waals surface area contributed by atoms with Crippen molar-refractivity contribution < 1.29 is 28.1 Å². The number of rotatable bonds is 6. The van der Waals surface area contributed by atoms with Gasteiger partial charge in [0.2, 0.25) is 5.75 Å². The normalized spacial score (nSPS) is 10.7. The molecule has 0 spiro atoms. The highest BCUT2D eigenvalue weighted by atomic mass is 19.1. The summed E-state index contributed by atoms with van der Waals surface area (Å²) in [6, 6.07) is 5.76. The van der Waals surface area contributed by atoms with Crippen molar-refractivity contribution in [3.05, 3.63) is 47.4 Å². The second-order valence-corrected chi connectivity index (χ2v) is 5.45. The van der Waals surface area contributed by atoms with Crippen molar-refractivity contribution in [3.8, 4) is 23.0 Å². The van der Waals surface area contributed by atoms with E-state index in [-0.39, 0.29) is 17.1 Å². The number of aromatic nitrogens is 1. The molecule has 7 heteroatoms. The summed E-state index contributed by atoms with van der Waals surface area (Å²) in [5.41, 5.74) is 1.16. The molecular formula is C19H18FNO5. The van der Waals surface area contributed by atoms with Gasteiger partial charge < -0.3 is 23.9 Å². The van der Waals surface area contributed by atoms with Gasteiger partial charge in [-0.3, -0.25) is 4.79 Å². The number of ketones is 1. The molecule has 6 nitrogen and oxygen atoms in total. The van der Waals surface area contributed by atoms with Gasteiger partial charge in [-0.1, -0.05) is 0 Å². The topological polar surface area (TPSA) is 69.8 Å². The summed E-state index contributed by atoms with van der Waals surface area (Å²) in [6.07, 6.45) is 1.55. The lowest BCUT2D eigenvalue weighted by molar-refractivity contribution is 0.104. The maximum atomic E-state index is 14.0. The van der Waals surface area contributed by atoms with Crippen LogP contribution in [0.2, 0.25) is 0 Å². The van der Waals surface area contributed by atoms with Crippen LogP contribution in [0.5, 0.6) is 23.0 Å². The minimum absolute atomic E-state index is 0.0774. The summed E-state index contributed by atoms with van der Waals surface area (Å²) >= 11 is 0. The first-order chi connectivity index (χ1) is 12.5. The van der Waals surface area contributed by atoms with Gasteiger partial charge in [0.1, 0.15) is 0 Å². The van der Waals surface area contributed by atoms with Gasteiger partial charge in [-0.15, -0.1) is 0 Å². The molecule has 0 amide bonds. The van der Waals surface area contributed by atoms with Crippen LogP contribution in [-0.4, -0.2) is 39.2 Å². The number of carbonyl (C=O) groups excluding carboxylic acids is 1. The number of H-pyrrole nitrogens is 1. The largest absolute Gasteiger partial charge is 0.494 e. The Bertz CT molecular complexity index is 980. The zero-order valence-electron chi connectivity index (χ0n) is 14.8. The van der Waals surface area contributed by atoms with Gasteiger partial charge >= 0.3 is 0 Å². The van der Waals surface area contributed by atoms with Crippen LogP contribution in [0.25, 0.3) is 10.9 Å². The fourth-order valence-corrected chi connectivity index (χ4v) is 2.89. The molecule has 0 saturated carbocycles. The second kappa shape index (κ2) is 6.95. The smallest absolute Gasteiger partial charge is 0.205 e. The lowest BCUT2D eigenvalue weighted by atomic mass is 10.0. The van der Waals surface area contributed by atoms with Crippen LogP contribution in [0.4, 0.5) is 4.39 Å². The van der Waals surface area contributed by atoms with Gasteiger partial charge in [0.25, 0.3) is 0 Å². The molecule has 0 saturated heterocycles. The summed E-state index contributed by atoms with van der Waals surface area (Å²) in [5, 5.41) is 0.584. The van der Waals surface area contributed by atoms with E-state index in [2.05, 4.69) is 4.98 Å². The average molecular weight is 359 g/mol. The summed E-state index contributed by atoms with van der Waals surface area (Å²) in [6.45, 7) is 0. The fourth-order valence-electron chi connectivity index (χ4n) is 2.89. The van der Waals surface area contributed by atoms with Crippen molar-refractivity contribution in [2.75, 3.05) is 28.4 Å². The van der Waals surface area contributed by atoms with E-state index in [0.717, 1.165) is 6.07 Å². The lowest BCUT2D eigenvalue weighted by Crippen LogP contribution is -2.02. The Morgan fingerprint density at radius 2 is 1.62 bits per heavy atom. The molecule has 0 fully saturated rings. The van der Waals surface area contributed by atoms with E-state index in [4.69, 9.17) is 18.9 Å². The van der Waals surface area contributed by atoms with Gasteiger partial charge in [-0.05, 0) is 24.3 Å². The SMILES string of the molecule is COc1ccc(C(=O)c2c[nH]c3c(OC)c(OC)c(OC)cc23)cc1F. The van der Waals surface area contributed by atoms with Gasteiger partial charge in [-0.2, -0.15) is 0 Å². The third kappa shape index (κ3) is 2.71. The van der Waals surface area contributed by atoms with Crippen LogP contribution in [0, 0.1) is 5.82 Å². The molecule has 0 radical (unpaired) electrons. The van der Waals surface area contributed by atoms with E-state index in [1.54, 1.807) is 12.3 Å². The molecule has 1 N–H and O–H groups in total. The number of benzene rings is 2. The van der Waals surface area contributed by atoms with Crippen LogP contribution < -0.4 is 18.9 Å². The van der Waals surface area contributed by atoms with Crippen LogP contribution >= 0.6 is 0 Å². The van der Waals surface area contributed by atoms with Crippen LogP contribution in [0.3, 0.4) is 0 Å². The van der Waals surface area contributed by atoms with Gasteiger partial charge in [0.15, 0.2) is 28.8 Å². The first kappa shape index (κ1) is 17.6. The average Bonchev–Trinajstić information content (AvgIpc) is 3.09. The molecule has 3 aromatic rings. The van der Waals surface area contributed by atoms with Crippen molar-refractivity contribution in [2.24, 2.45) is 0 Å². The predicted octanol–water partition coefficient (Wildman–Crippen LogP) is 3.57. The van der Waals surface area contributed by atoms with Crippen LogP contribution in [0.1, 0.15) is 15.9 Å². The molecule has 0 aliphatic heterocycles. The molecule has 0 atom stereocenters. The third-order valence-electron chi connectivity index (χ3n) is 4.14. The Balaban J connectivity index is 2.17. The van der Waals surface area contributed by atoms with Gasteiger partial charge in [0, 0.05) is 22.7 Å². The molecule has 0 aliphatic rings. The first-order valence-electron chi connectivity index (χ1n) is 7.74. The molecule has 1 aromatic heterocycles. The highest BCUT2D eigenvalue weighted by molar-refractivity contribution is 6.17. The monoisotopic (exact) mass is 359 g/mol.